The van der Waals surface area contributed by atoms with E-state index in [-0.39, 0.29) is 64.0 Å². The van der Waals surface area contributed by atoms with Crippen LogP contribution in [-0.4, -0.2) is 126 Å². The summed E-state index contributed by atoms with van der Waals surface area (Å²) in [6.07, 6.45) is 15.0. The Morgan fingerprint density at radius 2 is 0.587 bits per heavy atom. The Morgan fingerprint density at radius 3 is 0.909 bits per heavy atom. The molecular formula is C96H60N8O16Zn. The molecule has 0 fully saturated rings. The minimum Gasteiger partial charge on any atom is -0.660 e. The van der Waals surface area contributed by atoms with Gasteiger partial charge in [-0.1, -0.05) is 127 Å². The van der Waals surface area contributed by atoms with Gasteiger partial charge in [-0.25, -0.2) is 53.3 Å². The van der Waals surface area contributed by atoms with Gasteiger partial charge in [0.1, 0.15) is 0 Å². The fourth-order valence-electron chi connectivity index (χ4n) is 15.3. The van der Waals surface area contributed by atoms with Crippen molar-refractivity contribution in [1.82, 2.24) is 29.9 Å². The van der Waals surface area contributed by atoms with E-state index >= 15 is 0 Å². The Morgan fingerprint density at radius 1 is 0.289 bits per heavy atom. The number of aromatic amines is 2. The zero-order chi connectivity index (χ0) is 83.3. The molecular weight excluding hydrogens is 1590 g/mol. The normalized spacial score (nSPS) is 14.1. The van der Waals surface area contributed by atoms with E-state index in [0.717, 1.165) is 5.56 Å². The van der Waals surface area contributed by atoms with Crippen molar-refractivity contribution in [2.24, 2.45) is 9.98 Å². The fraction of sp³-hybridized carbons (Fsp3) is 0.0208. The molecule has 25 heteroatoms. The molecule has 0 spiro atoms. The number of carboxylic acid groups (broad SMARTS) is 8. The molecule has 8 aromatic carbocycles. The predicted molar refractivity (Wildman–Crippen MR) is 451 cm³/mol. The van der Waals surface area contributed by atoms with Crippen molar-refractivity contribution in [3.8, 4) is 44.5 Å². The van der Waals surface area contributed by atoms with E-state index < -0.39 is 59.7 Å². The van der Waals surface area contributed by atoms with Gasteiger partial charge in [-0.2, -0.15) is 0 Å². The van der Waals surface area contributed by atoms with Crippen LogP contribution < -0.4 is 20.7 Å². The second-order valence-electron chi connectivity index (χ2n) is 28.3. The van der Waals surface area contributed by atoms with Crippen LogP contribution in [0.5, 0.6) is 0 Å². The Hall–Kier alpha value is -16.4. The van der Waals surface area contributed by atoms with Gasteiger partial charge in [0.15, 0.2) is 0 Å². The summed E-state index contributed by atoms with van der Waals surface area (Å²) in [5.74, 6) is -9.01. The summed E-state index contributed by atoms with van der Waals surface area (Å²) >= 11 is 0. The number of H-pyrrole nitrogens is 2. The number of aliphatic imine (C=N–C) groups is 2. The number of nitrogens with zero attached hydrogens (tertiary/aromatic N) is 6. The number of benzene rings is 8. The molecule has 24 nitrogen and oxygen atoms in total. The number of hydrogen-bond donors (Lipinski definition) is 10. The summed E-state index contributed by atoms with van der Waals surface area (Å²) in [4.78, 5) is 133. The number of hydrogen-bond acceptors (Lipinski definition) is 12. The molecule has 0 radical (unpaired) electrons. The largest absolute Gasteiger partial charge is 2.00 e. The zero-order valence-corrected chi connectivity index (χ0v) is 66.1. The molecule has 121 heavy (non-hydrogen) atoms. The molecule has 10 heterocycles. The second-order valence-corrected chi connectivity index (χ2v) is 28.3. The van der Waals surface area contributed by atoms with E-state index in [2.05, 4.69) is 9.97 Å². The third kappa shape index (κ3) is 15.4. The van der Waals surface area contributed by atoms with Gasteiger partial charge in [0.05, 0.1) is 90.4 Å². The van der Waals surface area contributed by atoms with Crippen LogP contribution in [0.2, 0.25) is 0 Å². The van der Waals surface area contributed by atoms with Gasteiger partial charge in [0, 0.05) is 50.2 Å². The van der Waals surface area contributed by atoms with E-state index in [1.807, 2.05) is 97.1 Å². The summed E-state index contributed by atoms with van der Waals surface area (Å²) < 4.78 is 0. The van der Waals surface area contributed by atoms with Crippen LogP contribution in [-0.2, 0) is 19.5 Å². The molecule has 5 aromatic heterocycles. The molecule has 10 N–H and O–H groups in total. The zero-order valence-electron chi connectivity index (χ0n) is 63.1. The first kappa shape index (κ1) is 78.5. The monoisotopic (exact) mass is 1640 g/mol. The fourth-order valence-corrected chi connectivity index (χ4v) is 15.3. The summed E-state index contributed by atoms with van der Waals surface area (Å²) in [5.41, 5.74) is 18.6. The van der Waals surface area contributed by atoms with Gasteiger partial charge in [0.2, 0.25) is 0 Å². The van der Waals surface area contributed by atoms with Gasteiger partial charge in [-0.3, -0.25) is 4.99 Å². The van der Waals surface area contributed by atoms with Gasteiger partial charge < -0.3 is 60.8 Å². The molecule has 5 aliphatic heterocycles. The van der Waals surface area contributed by atoms with Crippen LogP contribution in [0.1, 0.15) is 145 Å². The van der Waals surface area contributed by atoms with E-state index in [1.165, 1.54) is 84.9 Å². The molecule has 582 valence electrons. The number of aromatic nitrogens is 6. The van der Waals surface area contributed by atoms with Crippen LogP contribution in [0.3, 0.4) is 0 Å². The smallest absolute Gasteiger partial charge is 0.660 e. The van der Waals surface area contributed by atoms with E-state index in [9.17, 15) is 79.2 Å². The van der Waals surface area contributed by atoms with Gasteiger partial charge in [0.25, 0.3) is 0 Å². The molecule has 5 aliphatic rings. The van der Waals surface area contributed by atoms with Crippen molar-refractivity contribution in [3.05, 3.63) is 384 Å². The number of fused-ring (bicyclic) bond motifs is 14. The molecule has 2 unspecified atom stereocenters. The Bertz CT molecular complexity index is 6690. The van der Waals surface area contributed by atoms with Gasteiger partial charge in [-0.15, -0.1) is 22.1 Å². The van der Waals surface area contributed by atoms with Crippen molar-refractivity contribution in [3.63, 3.8) is 0 Å². The maximum atomic E-state index is 11.8. The summed E-state index contributed by atoms with van der Waals surface area (Å²) in [6, 6.07) is 66.4. The Balaban J connectivity index is 0.000000178. The summed E-state index contributed by atoms with van der Waals surface area (Å²) in [6.45, 7) is 0. The summed E-state index contributed by atoms with van der Waals surface area (Å²) in [5, 5.41) is 78.5. The Labute approximate surface area is 697 Å². The van der Waals surface area contributed by atoms with E-state index in [4.69, 9.17) is 29.9 Å². The number of rotatable bonds is 16. The van der Waals surface area contributed by atoms with Gasteiger partial charge in [-0.05, 0) is 225 Å². The average molecular weight is 1650 g/mol. The second kappa shape index (κ2) is 32.4. The maximum Gasteiger partial charge on any atom is 2.00 e. The number of carbonyl (C=O) groups is 8. The Kier molecular flexibility index (Phi) is 21.0. The molecule has 18 rings (SSSR count). The topological polar surface area (TPSA) is 409 Å². The third-order valence-electron chi connectivity index (χ3n) is 21.1. The SMILES string of the molecule is O=C(O)c1ccc(-c2c3nc(c(-c4ccc(C(=O)O)cc4)c4ccc([nH]4)c(-c4ccc(C(=O)O)cc4)c4nc(c(-c5ccc(C(=O)O)cc5)c5ccc2[nH]5)C=C4)C=C3)cc1.O=C(O)c1ccc(C2=C3C=CC(=N3)C(c3ccc(C(=O)O)cc3)=c3ccc([n-]3)=C(c3ccc(C(=O)O)cc3)C3=NC(C=C3)C(c3ccc(C(=O)O)cc3)c3ccc2[n-]3)cc1.[Zn+2]. The van der Waals surface area contributed by atoms with Crippen molar-refractivity contribution in [2.45, 2.75) is 12.0 Å². The van der Waals surface area contributed by atoms with E-state index in [0.29, 0.717) is 162 Å². The van der Waals surface area contributed by atoms with E-state index in [1.54, 1.807) is 109 Å². The van der Waals surface area contributed by atoms with Crippen LogP contribution >= 0.6 is 0 Å². The number of nitrogens with one attached hydrogen (secondary N) is 2. The summed E-state index contributed by atoms with van der Waals surface area (Å²) in [7, 11) is 0. The first-order valence-electron chi connectivity index (χ1n) is 37.2. The maximum absolute atomic E-state index is 11.8. The number of aromatic carboxylic acids is 8. The number of carboxylic acids is 8. The first-order valence-corrected chi connectivity index (χ1v) is 37.2. The van der Waals surface area contributed by atoms with Crippen molar-refractivity contribution in [2.75, 3.05) is 0 Å². The van der Waals surface area contributed by atoms with Gasteiger partial charge >= 0.3 is 67.2 Å². The van der Waals surface area contributed by atoms with Crippen LogP contribution in [0, 0.1) is 0 Å². The molecule has 13 aromatic rings. The quantitative estimate of drug-likeness (QED) is 0.0402. The predicted octanol–water partition coefficient (Wildman–Crippen LogP) is 15.9. The first-order chi connectivity index (χ1) is 58.0. The molecule has 0 saturated heterocycles. The molecule has 2 atom stereocenters. The van der Waals surface area contributed by atoms with Crippen LogP contribution in [0.4, 0.5) is 0 Å². The minimum absolute atomic E-state index is 0. The average Bonchev–Trinajstić information content (AvgIpc) is 1.62. The van der Waals surface area contributed by atoms with Crippen molar-refractivity contribution in [1.29, 1.82) is 0 Å². The molecule has 0 aliphatic carbocycles. The minimum atomic E-state index is -1.07. The third-order valence-corrected chi connectivity index (χ3v) is 21.1. The molecule has 0 saturated carbocycles. The van der Waals surface area contributed by atoms with Crippen molar-refractivity contribution >= 4 is 122 Å². The standard InChI is InChI=1S/C48H32N4O8.C48H30N4O8.Zn/c2*53-45(54)29-9-1-25(2-10-29)41-33-17-19-35(49-33)42(26-3-11-30(12-4-26)46(55)56)37-21-23-39(51-37)44(28-7-15-32(16-8-28)48(59)60)40-24-22-38(52-40)43(36-20-18-34(41)50-36)27-5-13-31(14-6-27)47(57)58;/h1-24,33,41H,(H6,49,50,51,52,53,54,55,56,57,58,59,60);1-24,49,52H,(H,53,54)(H,55,56)(H,57,58)(H,59,60);/q;;+2/p-2. The molecule has 0 amide bonds. The van der Waals surface area contributed by atoms with Crippen LogP contribution in [0.25, 0.3) is 108 Å². The van der Waals surface area contributed by atoms with Crippen LogP contribution in [0.15, 0.2) is 283 Å². The van der Waals surface area contributed by atoms with Crippen molar-refractivity contribution < 1.29 is 98.7 Å². The molecule has 16 bridgehead atoms. The number of allylic oxidation sites excluding steroid dienone is 3.